The molecule has 2 fully saturated rings. The Morgan fingerprint density at radius 3 is 1.53 bits per heavy atom. The van der Waals surface area contributed by atoms with Crippen LogP contribution in [0.25, 0.3) is 56.2 Å². The van der Waals surface area contributed by atoms with E-state index in [-0.39, 0.29) is 63.7 Å². The van der Waals surface area contributed by atoms with Crippen molar-refractivity contribution in [2.45, 2.75) is 37.5 Å². The highest BCUT2D eigenvalue weighted by atomic mass is 19.3. The van der Waals surface area contributed by atoms with Gasteiger partial charge in [0.1, 0.15) is 11.3 Å². The molecule has 2 aromatic carbocycles. The monoisotopic (exact) mass is 818 g/mol. The second kappa shape index (κ2) is 15.4. The minimum atomic E-state index is -2.69. The zero-order valence-corrected chi connectivity index (χ0v) is 31.6. The molecule has 8 heterocycles. The third-order valence-electron chi connectivity index (χ3n) is 10.6. The van der Waals surface area contributed by atoms with Gasteiger partial charge in [0.25, 0.3) is 23.7 Å². The number of rotatable bonds is 6. The number of tetrazole rings is 2. The maximum Gasteiger partial charge on any atom is 0.255 e. The summed E-state index contributed by atoms with van der Waals surface area (Å²) in [6.45, 7) is 0.205. The molecule has 0 atom stereocenters. The number of nitrogens with zero attached hydrogens (tertiary/aromatic N) is 12. The lowest BCUT2D eigenvalue weighted by Crippen LogP contribution is -2.42. The minimum absolute atomic E-state index is 0.0494. The lowest BCUT2D eigenvalue weighted by atomic mass is 10.1. The Hall–Kier alpha value is -7.38. The number of piperidine rings is 2. The number of hydrogen-bond donors (Lipinski definition) is 2. The van der Waals surface area contributed by atoms with Gasteiger partial charge in [0.2, 0.25) is 11.6 Å². The normalized spacial score (nSPS) is 16.1. The quantitative estimate of drug-likeness (QED) is 0.184. The summed E-state index contributed by atoms with van der Waals surface area (Å²) in [5.41, 5.74) is 5.56. The average molecular weight is 819 g/mol. The predicted molar refractivity (Wildman–Crippen MR) is 209 cm³/mol. The number of hydrogen-bond acceptors (Lipinski definition) is 10. The summed E-state index contributed by atoms with van der Waals surface area (Å²) in [4.78, 5) is 37.3. The number of alkyl halides is 4. The molecule has 2 aliphatic rings. The van der Waals surface area contributed by atoms with Gasteiger partial charge in [-0.1, -0.05) is 12.1 Å². The number of pyridine rings is 2. The standard InChI is InChI=1S/2C20H17F2N7O/c21-20(22)6-9-28(10-7-20)19(30)15-11-14-5-8-29(18(14)23-12-15)16-3-1-13(2-4-16)17-24-26-27-25-17;21-20(22)5-8-28(9-6-20)19(30)15-10-14-4-7-29(18(14)23-12-15)16-3-1-2-13(11-16)17-24-26-27-25-17/h1-5,8,11-12H,6-7,9-10H2,(H,24,25,26,27);1-4,7,10-12H,5-6,8-9H2,(H,24,25,26,27). The summed E-state index contributed by atoms with van der Waals surface area (Å²) in [7, 11) is 0. The number of carbonyl (C=O) groups excluding carboxylic acids is 2. The number of halogens is 4. The smallest absolute Gasteiger partial charge is 0.255 e. The lowest BCUT2D eigenvalue weighted by Gasteiger charge is -2.31. The van der Waals surface area contributed by atoms with E-state index in [1.807, 2.05) is 82.2 Å². The van der Waals surface area contributed by atoms with Gasteiger partial charge >= 0.3 is 0 Å². The van der Waals surface area contributed by atoms with E-state index in [0.717, 1.165) is 33.3 Å². The number of benzene rings is 2. The van der Waals surface area contributed by atoms with Crippen LogP contribution in [0, 0.1) is 0 Å². The molecular weight excluding hydrogens is 785 g/mol. The third kappa shape index (κ3) is 7.77. The Morgan fingerprint density at radius 2 is 1.05 bits per heavy atom. The zero-order chi connectivity index (χ0) is 41.4. The van der Waals surface area contributed by atoms with Gasteiger partial charge < -0.3 is 18.9 Å². The number of aromatic nitrogens is 12. The average Bonchev–Trinajstić information content (AvgIpc) is 4.11. The number of nitrogens with one attached hydrogen (secondary N) is 2. The summed E-state index contributed by atoms with van der Waals surface area (Å²) in [6.07, 6.45) is 5.52. The molecule has 0 aliphatic carbocycles. The molecule has 10 rings (SSSR count). The second-order valence-electron chi connectivity index (χ2n) is 14.5. The Morgan fingerprint density at radius 1 is 0.567 bits per heavy atom. The summed E-state index contributed by atoms with van der Waals surface area (Å²) in [5.74, 6) is -4.91. The fraction of sp³-hybridized carbons (Fsp3) is 0.250. The fourth-order valence-corrected chi connectivity index (χ4v) is 7.27. The van der Waals surface area contributed by atoms with Crippen molar-refractivity contribution in [1.29, 1.82) is 0 Å². The van der Waals surface area contributed by atoms with Gasteiger partial charge in [-0.15, -0.1) is 20.4 Å². The van der Waals surface area contributed by atoms with Crippen molar-refractivity contribution in [3.63, 3.8) is 0 Å². The first-order valence-corrected chi connectivity index (χ1v) is 19.0. The Balaban J connectivity index is 0.000000154. The van der Waals surface area contributed by atoms with E-state index >= 15 is 0 Å². The summed E-state index contributed by atoms with van der Waals surface area (Å²) < 4.78 is 57.3. The number of carbonyl (C=O) groups is 2. The van der Waals surface area contributed by atoms with Crippen LogP contribution in [0.1, 0.15) is 46.4 Å². The first-order valence-electron chi connectivity index (χ1n) is 19.0. The molecule has 0 spiro atoms. The van der Waals surface area contributed by atoms with Crippen LogP contribution in [0.5, 0.6) is 0 Å². The predicted octanol–water partition coefficient (Wildman–Crippen LogP) is 6.15. The first kappa shape index (κ1) is 38.2. The molecule has 60 heavy (non-hydrogen) atoms. The Labute approximate surface area is 337 Å². The second-order valence-corrected chi connectivity index (χ2v) is 14.5. The van der Waals surface area contributed by atoms with Crippen LogP contribution >= 0.6 is 0 Å². The van der Waals surface area contributed by atoms with E-state index in [2.05, 4.69) is 51.2 Å². The maximum absolute atomic E-state index is 13.4. The molecule has 16 nitrogen and oxygen atoms in total. The topological polar surface area (TPSA) is 185 Å². The molecule has 304 valence electrons. The number of amides is 2. The largest absolute Gasteiger partial charge is 0.338 e. The molecule has 2 aliphatic heterocycles. The fourth-order valence-electron chi connectivity index (χ4n) is 7.27. The molecule has 8 aromatic rings. The van der Waals surface area contributed by atoms with Gasteiger partial charge in [0.15, 0.2) is 0 Å². The van der Waals surface area contributed by atoms with Crippen LogP contribution in [0.2, 0.25) is 0 Å². The van der Waals surface area contributed by atoms with Crippen molar-refractivity contribution in [3.05, 3.63) is 109 Å². The van der Waals surface area contributed by atoms with E-state index in [4.69, 9.17) is 0 Å². The van der Waals surface area contributed by atoms with Crippen molar-refractivity contribution in [1.82, 2.24) is 70.2 Å². The van der Waals surface area contributed by atoms with Crippen LogP contribution in [0.4, 0.5) is 17.6 Å². The highest BCUT2D eigenvalue weighted by molar-refractivity contribution is 5.98. The molecule has 2 saturated heterocycles. The Kier molecular flexibility index (Phi) is 9.81. The molecule has 2 amide bonds. The lowest BCUT2D eigenvalue weighted by molar-refractivity contribution is -0.0503. The van der Waals surface area contributed by atoms with Gasteiger partial charge in [-0.3, -0.25) is 9.59 Å². The molecule has 0 saturated carbocycles. The van der Waals surface area contributed by atoms with Crippen LogP contribution < -0.4 is 0 Å². The van der Waals surface area contributed by atoms with E-state index in [9.17, 15) is 27.2 Å². The van der Waals surface area contributed by atoms with Gasteiger partial charge in [0, 0.05) is 110 Å². The van der Waals surface area contributed by atoms with Crippen LogP contribution in [-0.2, 0) is 0 Å². The van der Waals surface area contributed by atoms with Crippen molar-refractivity contribution in [2.24, 2.45) is 0 Å². The van der Waals surface area contributed by atoms with Gasteiger partial charge in [0.05, 0.1) is 11.1 Å². The molecule has 0 radical (unpaired) electrons. The molecule has 2 N–H and O–H groups in total. The third-order valence-corrected chi connectivity index (χ3v) is 10.6. The Bertz CT molecular complexity index is 2780. The van der Waals surface area contributed by atoms with Crippen LogP contribution in [0.3, 0.4) is 0 Å². The van der Waals surface area contributed by atoms with E-state index < -0.39 is 11.8 Å². The van der Waals surface area contributed by atoms with Crippen molar-refractivity contribution < 1.29 is 27.2 Å². The highest BCUT2D eigenvalue weighted by Crippen LogP contribution is 2.31. The SMILES string of the molecule is O=C(c1cnc2c(ccn2-c2ccc(-c3nn[nH]n3)cc2)c1)N1CCC(F)(F)CC1.O=C(c1cnc2c(ccn2-c2cccc(-c3nn[nH]n3)c2)c1)N1CCC(F)(F)CC1. The van der Waals surface area contributed by atoms with Crippen molar-refractivity contribution in [3.8, 4) is 34.2 Å². The minimum Gasteiger partial charge on any atom is -0.338 e. The molecule has 0 unspecified atom stereocenters. The van der Waals surface area contributed by atoms with E-state index in [1.54, 1.807) is 12.1 Å². The number of likely N-dealkylation sites (tertiary alicyclic amines) is 2. The van der Waals surface area contributed by atoms with Gasteiger partial charge in [-0.2, -0.15) is 10.4 Å². The maximum atomic E-state index is 13.4. The van der Waals surface area contributed by atoms with Gasteiger partial charge in [-0.05, 0) is 71.1 Å². The number of H-pyrrole nitrogens is 2. The van der Waals surface area contributed by atoms with Crippen LogP contribution in [0.15, 0.2) is 97.6 Å². The van der Waals surface area contributed by atoms with Crippen LogP contribution in [-0.4, -0.2) is 120 Å². The van der Waals surface area contributed by atoms with E-state index in [1.165, 1.54) is 22.2 Å². The first-order chi connectivity index (χ1) is 29.0. The van der Waals surface area contributed by atoms with E-state index in [0.29, 0.717) is 34.1 Å². The molecular formula is C40H34F4N14O2. The van der Waals surface area contributed by atoms with Crippen molar-refractivity contribution in [2.75, 3.05) is 26.2 Å². The number of fused-ring (bicyclic) bond motifs is 2. The molecule has 6 aromatic heterocycles. The summed E-state index contributed by atoms with van der Waals surface area (Å²) in [5, 5.41) is 29.5. The van der Waals surface area contributed by atoms with Crippen molar-refractivity contribution >= 4 is 33.9 Å². The molecule has 20 heteroatoms. The summed E-state index contributed by atoms with van der Waals surface area (Å²) in [6, 6.07) is 22.4. The zero-order valence-electron chi connectivity index (χ0n) is 31.6. The number of aromatic amines is 2. The highest BCUT2D eigenvalue weighted by Gasteiger charge is 2.37. The van der Waals surface area contributed by atoms with Gasteiger partial charge in [-0.25, -0.2) is 27.5 Å². The summed E-state index contributed by atoms with van der Waals surface area (Å²) >= 11 is 0. The molecule has 0 bridgehead atoms.